The van der Waals surface area contributed by atoms with E-state index in [4.69, 9.17) is 0 Å². The Balaban J connectivity index is 1.97. The third-order valence-corrected chi connectivity index (χ3v) is 3.73. The van der Waals surface area contributed by atoms with Crippen LogP contribution in [0, 0.1) is 0 Å². The zero-order valence-corrected chi connectivity index (χ0v) is 10.2. The maximum Gasteiger partial charge on any atom is 0.269 e. The molecule has 0 spiro atoms. The van der Waals surface area contributed by atoms with Gasteiger partial charge >= 0.3 is 0 Å². The van der Waals surface area contributed by atoms with Crippen LogP contribution in [0.3, 0.4) is 0 Å². The summed E-state index contributed by atoms with van der Waals surface area (Å²) in [6, 6.07) is 5.68. The SMILES string of the molecule is O=c1cc2c(nn1Cc1cccs1)CCCN2. The molecule has 1 aliphatic heterocycles. The van der Waals surface area contributed by atoms with Crippen LogP contribution in [0.1, 0.15) is 17.0 Å². The summed E-state index contributed by atoms with van der Waals surface area (Å²) in [4.78, 5) is 13.0. The van der Waals surface area contributed by atoms with Crippen molar-refractivity contribution < 1.29 is 0 Å². The van der Waals surface area contributed by atoms with Gasteiger partial charge in [-0.2, -0.15) is 5.10 Å². The molecular weight excluding hydrogens is 234 g/mol. The molecule has 0 fully saturated rings. The maximum absolute atomic E-state index is 11.9. The van der Waals surface area contributed by atoms with Crippen LogP contribution in [0.4, 0.5) is 5.69 Å². The van der Waals surface area contributed by atoms with Crippen LogP contribution in [0.5, 0.6) is 0 Å². The molecule has 0 aromatic carbocycles. The Morgan fingerprint density at radius 2 is 2.47 bits per heavy atom. The highest BCUT2D eigenvalue weighted by molar-refractivity contribution is 7.09. The van der Waals surface area contributed by atoms with Crippen LogP contribution < -0.4 is 10.9 Å². The van der Waals surface area contributed by atoms with Crippen molar-refractivity contribution in [2.45, 2.75) is 19.4 Å². The standard InChI is InChI=1S/C12H13N3OS/c16-12-7-11-10(4-1-5-13-11)14-15(12)8-9-3-2-6-17-9/h2-3,6-7,13H,1,4-5,8H2. The molecule has 4 nitrogen and oxygen atoms in total. The summed E-state index contributed by atoms with van der Waals surface area (Å²) in [6.07, 6.45) is 2.03. The molecule has 5 heteroatoms. The first-order valence-electron chi connectivity index (χ1n) is 5.70. The number of aromatic nitrogens is 2. The van der Waals surface area contributed by atoms with Crippen molar-refractivity contribution >= 4 is 17.0 Å². The van der Waals surface area contributed by atoms with E-state index in [-0.39, 0.29) is 5.56 Å². The van der Waals surface area contributed by atoms with Gasteiger partial charge in [-0.25, -0.2) is 4.68 Å². The molecule has 2 aromatic heterocycles. The van der Waals surface area contributed by atoms with Crippen molar-refractivity contribution in [1.82, 2.24) is 9.78 Å². The quantitative estimate of drug-likeness (QED) is 0.879. The lowest BCUT2D eigenvalue weighted by atomic mass is 10.1. The van der Waals surface area contributed by atoms with Gasteiger partial charge in [0.25, 0.3) is 5.56 Å². The molecule has 0 amide bonds. The number of anilines is 1. The molecule has 0 saturated heterocycles. The molecule has 1 aliphatic rings. The van der Waals surface area contributed by atoms with Gasteiger partial charge in [-0.3, -0.25) is 4.79 Å². The minimum absolute atomic E-state index is 0.0356. The topological polar surface area (TPSA) is 46.9 Å². The summed E-state index contributed by atoms with van der Waals surface area (Å²) in [7, 11) is 0. The third kappa shape index (κ3) is 2.10. The average molecular weight is 247 g/mol. The second kappa shape index (κ2) is 4.33. The van der Waals surface area contributed by atoms with Gasteiger partial charge in [-0.15, -0.1) is 11.3 Å². The first-order valence-corrected chi connectivity index (χ1v) is 6.58. The number of aryl methyl sites for hydroxylation is 1. The molecule has 2 aromatic rings. The van der Waals surface area contributed by atoms with Gasteiger partial charge in [-0.05, 0) is 24.3 Å². The number of thiophene rings is 1. The largest absolute Gasteiger partial charge is 0.383 e. The van der Waals surface area contributed by atoms with E-state index in [1.54, 1.807) is 22.1 Å². The number of rotatable bonds is 2. The average Bonchev–Trinajstić information content (AvgIpc) is 2.83. The van der Waals surface area contributed by atoms with Crippen molar-refractivity contribution in [3.63, 3.8) is 0 Å². The van der Waals surface area contributed by atoms with E-state index >= 15 is 0 Å². The minimum atomic E-state index is -0.0356. The number of hydrogen-bond acceptors (Lipinski definition) is 4. The van der Waals surface area contributed by atoms with Gasteiger partial charge in [0, 0.05) is 17.5 Å². The summed E-state index contributed by atoms with van der Waals surface area (Å²) < 4.78 is 1.55. The number of nitrogens with one attached hydrogen (secondary N) is 1. The molecule has 0 atom stereocenters. The van der Waals surface area contributed by atoms with E-state index < -0.39 is 0 Å². The fourth-order valence-corrected chi connectivity index (χ4v) is 2.70. The Morgan fingerprint density at radius 1 is 1.53 bits per heavy atom. The van der Waals surface area contributed by atoms with Crippen LogP contribution in [0.15, 0.2) is 28.4 Å². The Hall–Kier alpha value is -1.62. The number of nitrogens with zero attached hydrogens (tertiary/aromatic N) is 2. The zero-order chi connectivity index (χ0) is 11.7. The minimum Gasteiger partial charge on any atom is -0.383 e. The van der Waals surface area contributed by atoms with E-state index in [0.717, 1.165) is 35.6 Å². The normalized spacial score (nSPS) is 14.1. The lowest BCUT2D eigenvalue weighted by Crippen LogP contribution is -2.27. The predicted molar refractivity (Wildman–Crippen MR) is 68.7 cm³/mol. The highest BCUT2D eigenvalue weighted by Gasteiger charge is 2.12. The van der Waals surface area contributed by atoms with Crippen LogP contribution >= 0.6 is 11.3 Å². The lowest BCUT2D eigenvalue weighted by Gasteiger charge is -2.17. The molecule has 17 heavy (non-hydrogen) atoms. The van der Waals surface area contributed by atoms with Crippen LogP contribution in [0.25, 0.3) is 0 Å². The van der Waals surface area contributed by atoms with Crippen molar-refractivity contribution in [1.29, 1.82) is 0 Å². The number of fused-ring (bicyclic) bond motifs is 1. The van der Waals surface area contributed by atoms with Gasteiger partial charge in [0.1, 0.15) is 0 Å². The summed E-state index contributed by atoms with van der Waals surface area (Å²) in [6.45, 7) is 1.51. The first kappa shape index (κ1) is 10.5. The molecule has 0 bridgehead atoms. The van der Waals surface area contributed by atoms with Crippen molar-refractivity contribution in [2.24, 2.45) is 0 Å². The molecular formula is C12H13N3OS. The van der Waals surface area contributed by atoms with Gasteiger partial charge in [-0.1, -0.05) is 6.07 Å². The number of hydrogen-bond donors (Lipinski definition) is 1. The Bertz CT molecular complexity index is 574. The highest BCUT2D eigenvalue weighted by atomic mass is 32.1. The summed E-state index contributed by atoms with van der Waals surface area (Å²) in [5.41, 5.74) is 1.88. The van der Waals surface area contributed by atoms with E-state index in [9.17, 15) is 4.79 Å². The Labute approximate surface area is 103 Å². The maximum atomic E-state index is 11.9. The Morgan fingerprint density at radius 3 is 3.29 bits per heavy atom. The van der Waals surface area contributed by atoms with Crippen LogP contribution in [-0.2, 0) is 13.0 Å². The summed E-state index contributed by atoms with van der Waals surface area (Å²) >= 11 is 1.65. The molecule has 0 radical (unpaired) electrons. The Kier molecular flexibility index (Phi) is 2.68. The van der Waals surface area contributed by atoms with Gasteiger partial charge in [0.2, 0.25) is 0 Å². The van der Waals surface area contributed by atoms with Crippen LogP contribution in [0.2, 0.25) is 0 Å². The van der Waals surface area contributed by atoms with Crippen molar-refractivity contribution in [3.05, 3.63) is 44.5 Å². The van der Waals surface area contributed by atoms with Crippen LogP contribution in [-0.4, -0.2) is 16.3 Å². The van der Waals surface area contributed by atoms with Crippen molar-refractivity contribution in [3.8, 4) is 0 Å². The van der Waals surface area contributed by atoms with E-state index in [0.29, 0.717) is 6.54 Å². The fourth-order valence-electron chi connectivity index (χ4n) is 2.01. The van der Waals surface area contributed by atoms with Gasteiger partial charge in [0.15, 0.2) is 0 Å². The highest BCUT2D eigenvalue weighted by Crippen LogP contribution is 2.17. The van der Waals surface area contributed by atoms with E-state index in [2.05, 4.69) is 10.4 Å². The van der Waals surface area contributed by atoms with Gasteiger partial charge in [0.05, 0.1) is 17.9 Å². The molecule has 3 rings (SSSR count). The van der Waals surface area contributed by atoms with E-state index in [1.165, 1.54) is 0 Å². The second-order valence-electron chi connectivity index (χ2n) is 4.11. The molecule has 0 saturated carbocycles. The van der Waals surface area contributed by atoms with E-state index in [1.807, 2.05) is 17.5 Å². The molecule has 0 aliphatic carbocycles. The lowest BCUT2D eigenvalue weighted by molar-refractivity contribution is 0.613. The predicted octanol–water partition coefficient (Wildman–Crippen LogP) is 1.71. The van der Waals surface area contributed by atoms with Gasteiger partial charge < -0.3 is 5.32 Å². The molecule has 1 N–H and O–H groups in total. The molecule has 0 unspecified atom stereocenters. The smallest absolute Gasteiger partial charge is 0.269 e. The third-order valence-electron chi connectivity index (χ3n) is 2.87. The molecule has 88 valence electrons. The fraction of sp³-hybridized carbons (Fsp3) is 0.333. The summed E-state index contributed by atoms with van der Waals surface area (Å²) in [5, 5.41) is 9.67. The second-order valence-corrected chi connectivity index (χ2v) is 5.14. The first-order chi connectivity index (χ1) is 8.33. The molecule has 3 heterocycles. The summed E-state index contributed by atoms with van der Waals surface area (Å²) in [5.74, 6) is 0. The van der Waals surface area contributed by atoms with Crippen molar-refractivity contribution in [2.75, 3.05) is 11.9 Å². The zero-order valence-electron chi connectivity index (χ0n) is 9.35. The monoisotopic (exact) mass is 247 g/mol.